The molecule has 0 aliphatic heterocycles. The van der Waals surface area contributed by atoms with Crippen LogP contribution < -0.4 is 16.5 Å². The van der Waals surface area contributed by atoms with Gasteiger partial charge in [-0.05, 0) is 12.5 Å². The molecular weight excluding hydrogens is 344 g/mol. The van der Waals surface area contributed by atoms with Gasteiger partial charge in [0, 0.05) is 19.5 Å². The Kier molecular flexibility index (Phi) is 4.41. The predicted octanol–water partition coefficient (Wildman–Crippen LogP) is 1.05. The number of aliphatic hydroxyl groups excluding tert-OH is 1. The van der Waals surface area contributed by atoms with E-state index in [4.69, 9.17) is 11.6 Å². The van der Waals surface area contributed by atoms with Crippen LogP contribution in [0.2, 0.25) is 5.15 Å². The number of carbonyl (C=O) groups excluding carboxylic acids is 1. The standard InChI is InChI=1S/C17H15ClN4O3/c1-10(23)15-16(25)22-14(8-13(18)20-17(22)19-11(2)24)21(15)9-12-6-4-3-5-7-12/h3-8,23H,9H2,1-2H3/b15-10-,19-17?. The molecule has 1 N–H and O–H groups in total. The number of amides is 1. The van der Waals surface area contributed by atoms with Gasteiger partial charge in [0.05, 0.1) is 0 Å². The van der Waals surface area contributed by atoms with Gasteiger partial charge in [-0.1, -0.05) is 41.9 Å². The SMILES string of the molecule is CC(=O)N=c1nc(Cl)cc2n(Cc3ccccc3)/c(=C(/C)O)c(=O)n12. The van der Waals surface area contributed by atoms with Gasteiger partial charge in [0.2, 0.25) is 11.5 Å². The van der Waals surface area contributed by atoms with Gasteiger partial charge in [0.25, 0.3) is 5.56 Å². The molecule has 25 heavy (non-hydrogen) atoms. The molecule has 0 atom stereocenters. The van der Waals surface area contributed by atoms with Gasteiger partial charge in [-0.3, -0.25) is 9.59 Å². The topological polar surface area (TPSA) is 89.0 Å². The van der Waals surface area contributed by atoms with Crippen molar-refractivity contribution in [2.24, 2.45) is 4.99 Å². The van der Waals surface area contributed by atoms with E-state index < -0.39 is 11.5 Å². The molecule has 0 unspecified atom stereocenters. The molecule has 8 heteroatoms. The van der Waals surface area contributed by atoms with Crippen LogP contribution in [0.15, 0.2) is 46.2 Å². The summed E-state index contributed by atoms with van der Waals surface area (Å²) in [5.41, 5.74) is 0.683. The van der Waals surface area contributed by atoms with Gasteiger partial charge in [-0.15, -0.1) is 0 Å². The van der Waals surface area contributed by atoms with E-state index >= 15 is 0 Å². The highest BCUT2D eigenvalue weighted by atomic mass is 35.5. The summed E-state index contributed by atoms with van der Waals surface area (Å²) < 4.78 is 2.80. The smallest absolute Gasteiger partial charge is 0.286 e. The van der Waals surface area contributed by atoms with E-state index in [0.29, 0.717) is 12.2 Å². The van der Waals surface area contributed by atoms with Crippen molar-refractivity contribution in [2.45, 2.75) is 20.4 Å². The van der Waals surface area contributed by atoms with E-state index in [1.807, 2.05) is 30.3 Å². The number of aromatic nitrogens is 3. The number of aliphatic hydroxyl groups is 1. The molecule has 0 aliphatic carbocycles. The molecule has 0 aliphatic rings. The fourth-order valence-electron chi connectivity index (χ4n) is 2.67. The average Bonchev–Trinajstić information content (AvgIpc) is 2.80. The normalized spacial score (nSPS) is 13.3. The van der Waals surface area contributed by atoms with Crippen molar-refractivity contribution in [1.29, 1.82) is 0 Å². The minimum atomic E-state index is -0.518. The monoisotopic (exact) mass is 358 g/mol. The van der Waals surface area contributed by atoms with E-state index in [-0.39, 0.29) is 21.9 Å². The summed E-state index contributed by atoms with van der Waals surface area (Å²) >= 11 is 6.04. The third-order valence-electron chi connectivity index (χ3n) is 3.62. The molecule has 0 saturated heterocycles. The van der Waals surface area contributed by atoms with Crippen molar-refractivity contribution in [3.63, 3.8) is 0 Å². The van der Waals surface area contributed by atoms with Gasteiger partial charge >= 0.3 is 0 Å². The number of carbonyl (C=O) groups is 1. The van der Waals surface area contributed by atoms with Crippen LogP contribution in [0, 0.1) is 0 Å². The molecule has 3 aromatic rings. The number of benzene rings is 1. The fraction of sp³-hybridized carbons (Fsp3) is 0.176. The zero-order valence-corrected chi connectivity index (χ0v) is 14.4. The molecule has 128 valence electrons. The maximum atomic E-state index is 12.8. The molecular formula is C17H15ClN4O3. The van der Waals surface area contributed by atoms with Crippen LogP contribution in [0.25, 0.3) is 11.4 Å². The molecule has 2 heterocycles. The van der Waals surface area contributed by atoms with Crippen molar-refractivity contribution in [3.8, 4) is 0 Å². The van der Waals surface area contributed by atoms with Crippen LogP contribution in [0.1, 0.15) is 19.4 Å². The minimum absolute atomic E-state index is 0.0907. The summed E-state index contributed by atoms with van der Waals surface area (Å²) in [5.74, 6) is -0.653. The van der Waals surface area contributed by atoms with Crippen LogP contribution in [0.5, 0.6) is 0 Å². The average molecular weight is 359 g/mol. The van der Waals surface area contributed by atoms with Crippen LogP contribution in [0.3, 0.4) is 0 Å². The highest BCUT2D eigenvalue weighted by molar-refractivity contribution is 6.29. The summed E-state index contributed by atoms with van der Waals surface area (Å²) in [5, 5.41) is 10.2. The zero-order valence-electron chi connectivity index (χ0n) is 13.6. The second-order valence-corrected chi connectivity index (χ2v) is 5.90. The molecule has 3 rings (SSSR count). The highest BCUT2D eigenvalue weighted by Gasteiger charge is 2.15. The summed E-state index contributed by atoms with van der Waals surface area (Å²) in [6, 6.07) is 11.0. The molecule has 1 aromatic carbocycles. The number of rotatable bonds is 2. The van der Waals surface area contributed by atoms with E-state index in [1.165, 1.54) is 24.3 Å². The van der Waals surface area contributed by atoms with E-state index in [0.717, 1.165) is 5.56 Å². The third-order valence-corrected chi connectivity index (χ3v) is 3.81. The number of fused-ring (bicyclic) bond motifs is 1. The van der Waals surface area contributed by atoms with Gasteiger partial charge in [-0.25, -0.2) is 9.38 Å². The van der Waals surface area contributed by atoms with Gasteiger partial charge in [-0.2, -0.15) is 4.99 Å². The number of hydrogen-bond donors (Lipinski definition) is 1. The summed E-state index contributed by atoms with van der Waals surface area (Å²) in [4.78, 5) is 31.9. The van der Waals surface area contributed by atoms with Crippen molar-refractivity contribution in [3.05, 3.63) is 68.4 Å². The summed E-state index contributed by atoms with van der Waals surface area (Å²) in [7, 11) is 0. The van der Waals surface area contributed by atoms with Crippen LogP contribution >= 0.6 is 11.6 Å². The first-order valence-corrected chi connectivity index (χ1v) is 7.87. The molecule has 2 aromatic heterocycles. The maximum Gasteiger partial charge on any atom is 0.286 e. The number of hydrogen-bond acceptors (Lipinski definition) is 4. The quantitative estimate of drug-likeness (QED) is 0.693. The van der Waals surface area contributed by atoms with Crippen molar-refractivity contribution >= 4 is 28.9 Å². The van der Waals surface area contributed by atoms with E-state index in [9.17, 15) is 14.7 Å². The molecule has 7 nitrogen and oxygen atoms in total. The zero-order chi connectivity index (χ0) is 18.1. The predicted molar refractivity (Wildman–Crippen MR) is 93.2 cm³/mol. The number of imidazole rings is 1. The fourth-order valence-corrected chi connectivity index (χ4v) is 2.85. The Labute approximate surface area is 147 Å². The lowest BCUT2D eigenvalue weighted by atomic mass is 10.2. The van der Waals surface area contributed by atoms with Crippen molar-refractivity contribution in [1.82, 2.24) is 14.0 Å². The Bertz CT molecular complexity index is 1140. The Hall–Kier alpha value is -2.93. The van der Waals surface area contributed by atoms with Crippen LogP contribution in [-0.4, -0.2) is 25.0 Å². The van der Waals surface area contributed by atoms with E-state index in [2.05, 4.69) is 9.98 Å². The largest absolute Gasteiger partial charge is 0.510 e. The first-order chi connectivity index (χ1) is 11.9. The molecule has 0 fully saturated rings. The maximum absolute atomic E-state index is 12.8. The molecule has 0 spiro atoms. The van der Waals surface area contributed by atoms with Crippen LogP contribution in [-0.2, 0) is 11.3 Å². The number of halogens is 1. The lowest BCUT2D eigenvalue weighted by Crippen LogP contribution is -2.36. The van der Waals surface area contributed by atoms with Gasteiger partial charge in [0.15, 0.2) is 0 Å². The third kappa shape index (κ3) is 3.18. The van der Waals surface area contributed by atoms with Gasteiger partial charge < -0.3 is 9.67 Å². The molecule has 0 radical (unpaired) electrons. The summed E-state index contributed by atoms with van der Waals surface area (Å²) in [6.45, 7) is 3.01. The second-order valence-electron chi connectivity index (χ2n) is 5.51. The van der Waals surface area contributed by atoms with Crippen molar-refractivity contribution < 1.29 is 9.90 Å². The Morgan fingerprint density at radius 2 is 1.96 bits per heavy atom. The van der Waals surface area contributed by atoms with Crippen LogP contribution in [0.4, 0.5) is 0 Å². The minimum Gasteiger partial charge on any atom is -0.510 e. The molecule has 1 amide bonds. The second kappa shape index (κ2) is 6.52. The molecule has 0 saturated carbocycles. The summed E-state index contributed by atoms with van der Waals surface area (Å²) in [6.07, 6.45) is 0. The van der Waals surface area contributed by atoms with E-state index in [1.54, 1.807) is 4.57 Å². The van der Waals surface area contributed by atoms with Gasteiger partial charge in [0.1, 0.15) is 21.9 Å². The Balaban J connectivity index is 2.47. The lowest BCUT2D eigenvalue weighted by Gasteiger charge is -2.06. The van der Waals surface area contributed by atoms with Crippen molar-refractivity contribution in [2.75, 3.05) is 0 Å². The molecule has 0 bridgehead atoms. The first kappa shape index (κ1) is 16.9. The highest BCUT2D eigenvalue weighted by Crippen LogP contribution is 2.08. The first-order valence-electron chi connectivity index (χ1n) is 7.49. The number of nitrogens with zero attached hydrogens (tertiary/aromatic N) is 4. The Morgan fingerprint density at radius 1 is 1.28 bits per heavy atom. The lowest BCUT2D eigenvalue weighted by molar-refractivity contribution is -0.116. The Morgan fingerprint density at radius 3 is 2.56 bits per heavy atom.